The predicted molar refractivity (Wildman–Crippen MR) is 128 cm³/mol. The lowest BCUT2D eigenvalue weighted by Gasteiger charge is -2.18. The summed E-state index contributed by atoms with van der Waals surface area (Å²) in [4.78, 5) is 8.40. The van der Waals surface area contributed by atoms with Gasteiger partial charge in [-0.05, 0) is 42.7 Å². The number of alkyl halides is 3. The minimum Gasteiger partial charge on any atom is -0.376 e. The van der Waals surface area contributed by atoms with Gasteiger partial charge in [0.15, 0.2) is 5.16 Å². The largest absolute Gasteiger partial charge is 0.433 e. The highest BCUT2D eigenvalue weighted by Crippen LogP contribution is 2.32. The fraction of sp³-hybridized carbons (Fsp3) is 0.478. The first kappa shape index (κ1) is 25.9. The molecule has 2 aromatic heterocycles. The molecule has 12 heteroatoms. The molecule has 1 atom stereocenters. The summed E-state index contributed by atoms with van der Waals surface area (Å²) in [7, 11) is -3.64. The smallest absolute Gasteiger partial charge is 0.376 e. The van der Waals surface area contributed by atoms with Gasteiger partial charge in [-0.3, -0.25) is 4.98 Å². The topological polar surface area (TPSA) is 77.3 Å². The molecule has 3 aromatic rings. The van der Waals surface area contributed by atoms with E-state index in [1.807, 2.05) is 4.57 Å². The molecule has 0 unspecified atom stereocenters. The Hall–Kier alpha value is -2.15. The number of ether oxygens (including phenoxy) is 1. The number of thioether (sulfide) groups is 1. The molecule has 7 nitrogen and oxygen atoms in total. The second kappa shape index (κ2) is 10.5. The van der Waals surface area contributed by atoms with Gasteiger partial charge in [-0.25, -0.2) is 13.4 Å². The van der Waals surface area contributed by atoms with Crippen LogP contribution in [0.2, 0.25) is 0 Å². The molecule has 0 saturated carbocycles. The number of pyridine rings is 1. The van der Waals surface area contributed by atoms with E-state index in [4.69, 9.17) is 9.72 Å². The van der Waals surface area contributed by atoms with Crippen molar-refractivity contribution in [3.63, 3.8) is 0 Å². The first-order chi connectivity index (χ1) is 16.6. The van der Waals surface area contributed by atoms with Crippen LogP contribution in [0.3, 0.4) is 0 Å². The third-order valence-corrected chi connectivity index (χ3v) is 9.01. The zero-order valence-electron chi connectivity index (χ0n) is 19.5. The normalized spacial score (nSPS) is 17.0. The Kier molecular flexibility index (Phi) is 7.74. The highest BCUT2D eigenvalue weighted by molar-refractivity contribution is 7.98. The number of halogens is 3. The molecule has 0 aliphatic carbocycles. The van der Waals surface area contributed by atoms with Gasteiger partial charge >= 0.3 is 6.18 Å². The van der Waals surface area contributed by atoms with Crippen molar-refractivity contribution < 1.29 is 26.3 Å². The Morgan fingerprint density at radius 1 is 1.20 bits per heavy atom. The number of benzene rings is 1. The van der Waals surface area contributed by atoms with Gasteiger partial charge in [0.05, 0.1) is 28.6 Å². The molecule has 1 saturated heterocycles. The third kappa shape index (κ3) is 5.65. The molecule has 0 amide bonds. The van der Waals surface area contributed by atoms with Crippen LogP contribution < -0.4 is 0 Å². The monoisotopic (exact) mass is 528 g/mol. The van der Waals surface area contributed by atoms with Crippen molar-refractivity contribution in [1.29, 1.82) is 0 Å². The van der Waals surface area contributed by atoms with Gasteiger partial charge in [-0.1, -0.05) is 31.7 Å². The molecule has 4 rings (SSSR count). The molecule has 3 heterocycles. The number of nitrogens with zero attached hydrogens (tertiary/aromatic N) is 4. The highest BCUT2D eigenvalue weighted by atomic mass is 32.2. The van der Waals surface area contributed by atoms with Crippen LogP contribution in [0.1, 0.15) is 37.9 Å². The van der Waals surface area contributed by atoms with Gasteiger partial charge in [0.25, 0.3) is 0 Å². The second-order valence-corrected chi connectivity index (χ2v) is 11.1. The standard InChI is InChI=1S/C23H27F3N4O3S2/c1-3-29(4-2)35(31,32)18-8-9-20-19(12-18)28-22(30(20)14-17-6-5-11-33-17)34-15-16-7-10-21(27-13-16)23(24,25)26/h7-10,12-13,17H,3-6,11,14-15H2,1-2H3/t17-/m0/s1. The van der Waals surface area contributed by atoms with E-state index in [0.29, 0.717) is 48.2 Å². The summed E-state index contributed by atoms with van der Waals surface area (Å²) in [5.74, 6) is 0.366. The van der Waals surface area contributed by atoms with Crippen molar-refractivity contribution in [1.82, 2.24) is 18.8 Å². The van der Waals surface area contributed by atoms with Crippen LogP contribution in [-0.4, -0.2) is 53.1 Å². The van der Waals surface area contributed by atoms with E-state index in [9.17, 15) is 21.6 Å². The van der Waals surface area contributed by atoms with Crippen LogP contribution in [0.5, 0.6) is 0 Å². The molecule has 1 aliphatic rings. The molecule has 0 spiro atoms. The van der Waals surface area contributed by atoms with E-state index in [2.05, 4.69) is 4.98 Å². The molecular weight excluding hydrogens is 501 g/mol. The van der Waals surface area contributed by atoms with Crippen LogP contribution in [-0.2, 0) is 33.2 Å². The number of rotatable bonds is 9. The van der Waals surface area contributed by atoms with Crippen LogP contribution >= 0.6 is 11.8 Å². The van der Waals surface area contributed by atoms with Gasteiger partial charge in [0, 0.05) is 31.6 Å². The summed E-state index contributed by atoms with van der Waals surface area (Å²) in [5.41, 5.74) is 1.03. The minimum absolute atomic E-state index is 0.0265. The zero-order chi connectivity index (χ0) is 25.2. The lowest BCUT2D eigenvalue weighted by molar-refractivity contribution is -0.141. The Morgan fingerprint density at radius 3 is 2.57 bits per heavy atom. The molecule has 1 aliphatic heterocycles. The van der Waals surface area contributed by atoms with E-state index in [0.717, 1.165) is 24.4 Å². The average molecular weight is 529 g/mol. The average Bonchev–Trinajstić information content (AvgIpc) is 3.46. The van der Waals surface area contributed by atoms with E-state index in [-0.39, 0.29) is 11.0 Å². The molecule has 1 fully saturated rings. The Bertz CT molecular complexity index is 1270. The molecule has 1 aromatic carbocycles. The van der Waals surface area contributed by atoms with Crippen molar-refractivity contribution >= 4 is 32.8 Å². The van der Waals surface area contributed by atoms with E-state index < -0.39 is 21.9 Å². The Morgan fingerprint density at radius 2 is 1.97 bits per heavy atom. The maximum absolute atomic E-state index is 13.0. The third-order valence-electron chi connectivity index (χ3n) is 5.92. The van der Waals surface area contributed by atoms with Gasteiger partial charge in [0.1, 0.15) is 5.69 Å². The van der Waals surface area contributed by atoms with Gasteiger partial charge in [0.2, 0.25) is 10.0 Å². The zero-order valence-corrected chi connectivity index (χ0v) is 21.1. The van der Waals surface area contributed by atoms with Crippen molar-refractivity contribution in [3.8, 4) is 0 Å². The number of hydrogen-bond donors (Lipinski definition) is 0. The van der Waals surface area contributed by atoms with Gasteiger partial charge < -0.3 is 9.30 Å². The summed E-state index contributed by atoms with van der Waals surface area (Å²) in [6.07, 6.45) is -1.34. The van der Waals surface area contributed by atoms with E-state index in [1.54, 1.807) is 32.0 Å². The molecule has 35 heavy (non-hydrogen) atoms. The lowest BCUT2D eigenvalue weighted by Crippen LogP contribution is -2.30. The predicted octanol–water partition coefficient (Wildman–Crippen LogP) is 4.95. The van der Waals surface area contributed by atoms with Gasteiger partial charge in [-0.2, -0.15) is 17.5 Å². The first-order valence-electron chi connectivity index (χ1n) is 11.4. The SMILES string of the molecule is CCN(CC)S(=O)(=O)c1ccc2c(c1)nc(SCc1ccc(C(F)(F)F)nc1)n2C[C@@H]1CCCO1. The summed E-state index contributed by atoms with van der Waals surface area (Å²) in [6, 6.07) is 7.31. The maximum atomic E-state index is 13.0. The molecule has 190 valence electrons. The van der Waals surface area contributed by atoms with Crippen LogP contribution in [0.15, 0.2) is 46.6 Å². The minimum atomic E-state index is -4.48. The summed E-state index contributed by atoms with van der Waals surface area (Å²) in [5, 5.41) is 0.646. The summed E-state index contributed by atoms with van der Waals surface area (Å²) < 4.78 is 73.6. The molecule has 0 radical (unpaired) electrons. The van der Waals surface area contributed by atoms with E-state index >= 15 is 0 Å². The Labute approximate surface area is 206 Å². The summed E-state index contributed by atoms with van der Waals surface area (Å²) >= 11 is 1.37. The molecule has 0 bridgehead atoms. The number of imidazole rings is 1. The first-order valence-corrected chi connectivity index (χ1v) is 13.8. The van der Waals surface area contributed by atoms with Gasteiger partial charge in [-0.15, -0.1) is 0 Å². The van der Waals surface area contributed by atoms with Crippen molar-refractivity contribution in [2.75, 3.05) is 19.7 Å². The fourth-order valence-corrected chi connectivity index (χ4v) is 6.50. The number of aromatic nitrogens is 3. The van der Waals surface area contributed by atoms with Crippen LogP contribution in [0, 0.1) is 0 Å². The van der Waals surface area contributed by atoms with Crippen molar-refractivity contribution in [2.24, 2.45) is 0 Å². The Balaban J connectivity index is 1.65. The quantitative estimate of drug-likeness (QED) is 0.366. The number of sulfonamides is 1. The number of hydrogen-bond acceptors (Lipinski definition) is 6. The lowest BCUT2D eigenvalue weighted by atomic mass is 10.2. The van der Waals surface area contributed by atoms with E-state index in [1.165, 1.54) is 28.3 Å². The molecule has 0 N–H and O–H groups in total. The molecular formula is C23H27F3N4O3S2. The maximum Gasteiger partial charge on any atom is 0.433 e. The fourth-order valence-electron chi connectivity index (χ4n) is 4.06. The van der Waals surface area contributed by atoms with Crippen LogP contribution in [0.25, 0.3) is 11.0 Å². The second-order valence-electron chi connectivity index (χ2n) is 8.22. The number of fused-ring (bicyclic) bond motifs is 1. The van der Waals surface area contributed by atoms with Crippen molar-refractivity contribution in [2.45, 2.75) is 61.3 Å². The summed E-state index contributed by atoms with van der Waals surface area (Å²) in [6.45, 7) is 5.58. The van der Waals surface area contributed by atoms with Crippen molar-refractivity contribution in [3.05, 3.63) is 47.8 Å². The highest BCUT2D eigenvalue weighted by Gasteiger charge is 2.32. The van der Waals surface area contributed by atoms with Crippen LogP contribution in [0.4, 0.5) is 13.2 Å².